The second kappa shape index (κ2) is 4.80. The third-order valence-electron chi connectivity index (χ3n) is 0.933. The Labute approximate surface area is 80.1 Å². The van der Waals surface area contributed by atoms with Crippen molar-refractivity contribution in [2.45, 2.75) is 13.0 Å². The van der Waals surface area contributed by atoms with E-state index in [0.29, 0.717) is 0 Å². The quantitative estimate of drug-likeness (QED) is 0.404. The van der Waals surface area contributed by atoms with E-state index in [2.05, 4.69) is 11.3 Å². The van der Waals surface area contributed by atoms with Crippen molar-refractivity contribution in [3.63, 3.8) is 0 Å². The molecule has 0 saturated heterocycles. The normalized spacial score (nSPS) is 10.5. The molecule has 0 atom stereocenters. The van der Waals surface area contributed by atoms with Gasteiger partial charge in [0.25, 0.3) is 0 Å². The molecule has 0 rings (SSSR count). The van der Waals surface area contributed by atoms with E-state index in [1.54, 1.807) is 0 Å². The predicted molar refractivity (Wildman–Crippen MR) is 42.1 cm³/mol. The third kappa shape index (κ3) is 5.36. The van der Waals surface area contributed by atoms with Gasteiger partial charge in [-0.05, 0) is 6.92 Å². The van der Waals surface area contributed by atoms with Crippen molar-refractivity contribution in [1.82, 2.24) is 0 Å². The molecular formula is C6H7F2NO4S. The van der Waals surface area contributed by atoms with E-state index in [1.807, 2.05) is 4.36 Å². The van der Waals surface area contributed by atoms with Crippen LogP contribution < -0.4 is 0 Å². The van der Waals surface area contributed by atoms with Gasteiger partial charge in [0.15, 0.2) is 6.61 Å². The van der Waals surface area contributed by atoms with Crippen LogP contribution in [0.15, 0.2) is 16.5 Å². The molecule has 0 aliphatic rings. The lowest BCUT2D eigenvalue weighted by Gasteiger charge is -2.08. The van der Waals surface area contributed by atoms with Crippen LogP contribution in [-0.4, -0.2) is 27.0 Å². The number of esters is 1. The van der Waals surface area contributed by atoms with Gasteiger partial charge in [0.05, 0.1) is 0 Å². The Kier molecular flexibility index (Phi) is 4.35. The molecule has 0 aromatic carbocycles. The maximum absolute atomic E-state index is 12.4. The summed E-state index contributed by atoms with van der Waals surface area (Å²) in [5.41, 5.74) is -0.0657. The van der Waals surface area contributed by atoms with Gasteiger partial charge < -0.3 is 4.74 Å². The number of nitrogens with zero attached hydrogens (tertiary/aromatic N) is 1. The molecule has 0 fully saturated rings. The number of ether oxygens (including phenoxy) is 1. The zero-order valence-corrected chi connectivity index (χ0v) is 7.98. The summed E-state index contributed by atoms with van der Waals surface area (Å²) in [5, 5.41) is 0. The standard InChI is InChI=1S/C6H7F2NO4S/c1-4(2)5(10)13-3-6(7,8)9-14(11)12/h1,3H2,2H3. The first-order valence-corrected chi connectivity index (χ1v) is 4.30. The molecular weight excluding hydrogens is 220 g/mol. The molecule has 0 aliphatic heterocycles. The fourth-order valence-corrected chi connectivity index (χ4v) is 0.682. The number of rotatable bonds is 4. The van der Waals surface area contributed by atoms with Gasteiger partial charge in [0.2, 0.25) is 0 Å². The zero-order valence-electron chi connectivity index (χ0n) is 7.16. The number of hydrogen-bond acceptors (Lipinski definition) is 5. The second-order valence-corrected chi connectivity index (χ2v) is 2.95. The molecule has 0 saturated carbocycles. The average Bonchev–Trinajstić information content (AvgIpc) is 1.97. The van der Waals surface area contributed by atoms with Gasteiger partial charge in [-0.1, -0.05) is 10.9 Å². The minimum Gasteiger partial charge on any atom is -0.454 e. The fourth-order valence-electron chi connectivity index (χ4n) is 0.411. The summed E-state index contributed by atoms with van der Waals surface area (Å²) in [4.78, 5) is 10.6. The predicted octanol–water partition coefficient (Wildman–Crippen LogP) is 0.761. The number of alkyl halides is 2. The summed E-state index contributed by atoms with van der Waals surface area (Å²) in [6.07, 6.45) is 0. The van der Waals surface area contributed by atoms with Crippen molar-refractivity contribution in [3.05, 3.63) is 12.2 Å². The lowest BCUT2D eigenvalue weighted by molar-refractivity contribution is -0.149. The van der Waals surface area contributed by atoms with Crippen LogP contribution in [0.1, 0.15) is 6.92 Å². The van der Waals surface area contributed by atoms with Crippen molar-refractivity contribution < 1.29 is 26.7 Å². The van der Waals surface area contributed by atoms with Crippen molar-refractivity contribution in [3.8, 4) is 0 Å². The van der Waals surface area contributed by atoms with E-state index in [0.717, 1.165) is 0 Å². The first-order valence-electron chi connectivity index (χ1n) is 3.27. The van der Waals surface area contributed by atoms with Crippen LogP contribution in [0.25, 0.3) is 0 Å². The Morgan fingerprint density at radius 1 is 1.57 bits per heavy atom. The lowest BCUT2D eigenvalue weighted by atomic mass is 10.4. The average molecular weight is 227 g/mol. The highest BCUT2D eigenvalue weighted by Gasteiger charge is 2.31. The van der Waals surface area contributed by atoms with Crippen LogP contribution in [0.3, 0.4) is 0 Å². The zero-order chi connectivity index (χ0) is 11.4. The molecule has 0 aromatic heterocycles. The Morgan fingerprint density at radius 2 is 2.07 bits per heavy atom. The Hall–Kier alpha value is -1.31. The molecule has 0 bridgehead atoms. The van der Waals surface area contributed by atoms with Crippen LogP contribution in [0.5, 0.6) is 0 Å². The van der Waals surface area contributed by atoms with Gasteiger partial charge in [-0.15, -0.1) is 0 Å². The van der Waals surface area contributed by atoms with Crippen LogP contribution in [0.2, 0.25) is 0 Å². The van der Waals surface area contributed by atoms with Gasteiger partial charge in [0.1, 0.15) is 0 Å². The summed E-state index contributed by atoms with van der Waals surface area (Å²) in [6.45, 7) is 2.99. The third-order valence-corrected chi connectivity index (χ3v) is 1.35. The molecule has 0 N–H and O–H groups in total. The number of carbonyl (C=O) groups is 1. The molecule has 0 amide bonds. The number of carbonyl (C=O) groups excluding carboxylic acids is 1. The van der Waals surface area contributed by atoms with Crippen molar-refractivity contribution in [2.75, 3.05) is 6.61 Å². The largest absolute Gasteiger partial charge is 0.454 e. The summed E-state index contributed by atoms with van der Waals surface area (Å²) in [6, 6.07) is -3.93. The Morgan fingerprint density at radius 3 is 2.43 bits per heavy atom. The van der Waals surface area contributed by atoms with Gasteiger partial charge in [-0.25, -0.2) is 4.79 Å². The molecule has 0 radical (unpaired) electrons. The lowest BCUT2D eigenvalue weighted by Crippen LogP contribution is -2.23. The molecule has 14 heavy (non-hydrogen) atoms. The van der Waals surface area contributed by atoms with Crippen LogP contribution in [0.4, 0.5) is 8.78 Å². The molecule has 0 aliphatic carbocycles. The number of halogens is 2. The van der Waals surface area contributed by atoms with E-state index >= 15 is 0 Å². The van der Waals surface area contributed by atoms with Gasteiger partial charge in [0, 0.05) is 5.57 Å². The molecule has 80 valence electrons. The summed E-state index contributed by atoms with van der Waals surface area (Å²) in [7, 11) is -3.25. The van der Waals surface area contributed by atoms with Crippen LogP contribution in [0, 0.1) is 0 Å². The highest BCUT2D eigenvalue weighted by molar-refractivity contribution is 7.61. The summed E-state index contributed by atoms with van der Waals surface area (Å²) >= 11 is 0. The SMILES string of the molecule is C=C(C)C(=O)OCC(F)(F)N=S(=O)=O. The Balaban J connectivity index is 4.33. The van der Waals surface area contributed by atoms with Crippen LogP contribution >= 0.6 is 0 Å². The Bertz CT molecular complexity index is 365. The molecule has 0 spiro atoms. The van der Waals surface area contributed by atoms with Crippen molar-refractivity contribution in [2.24, 2.45) is 4.36 Å². The molecule has 8 heteroatoms. The van der Waals surface area contributed by atoms with E-state index in [9.17, 15) is 22.0 Å². The maximum Gasteiger partial charge on any atom is 0.389 e. The first-order chi connectivity index (χ1) is 6.24. The minimum absolute atomic E-state index is 0.0657. The molecule has 0 aromatic rings. The van der Waals surface area contributed by atoms with E-state index < -0.39 is 29.1 Å². The van der Waals surface area contributed by atoms with E-state index in [-0.39, 0.29) is 5.57 Å². The number of hydrogen-bond donors (Lipinski definition) is 0. The smallest absolute Gasteiger partial charge is 0.389 e. The summed E-state index contributed by atoms with van der Waals surface area (Å²) < 4.78 is 50.5. The second-order valence-electron chi connectivity index (χ2n) is 2.33. The monoisotopic (exact) mass is 227 g/mol. The molecule has 0 heterocycles. The fraction of sp³-hybridized carbons (Fsp3) is 0.500. The van der Waals surface area contributed by atoms with Gasteiger partial charge in [-0.2, -0.15) is 17.2 Å². The van der Waals surface area contributed by atoms with Crippen molar-refractivity contribution >= 4 is 16.5 Å². The summed E-state index contributed by atoms with van der Waals surface area (Å²) in [5.74, 6) is -1.03. The van der Waals surface area contributed by atoms with Crippen molar-refractivity contribution in [1.29, 1.82) is 0 Å². The van der Waals surface area contributed by atoms with Crippen LogP contribution in [-0.2, 0) is 20.0 Å². The maximum atomic E-state index is 12.4. The molecule has 0 unspecified atom stereocenters. The van der Waals surface area contributed by atoms with E-state index in [1.165, 1.54) is 6.92 Å². The van der Waals surface area contributed by atoms with Gasteiger partial charge >= 0.3 is 22.5 Å². The van der Waals surface area contributed by atoms with Gasteiger partial charge in [-0.3, -0.25) is 0 Å². The minimum atomic E-state index is -3.93. The topological polar surface area (TPSA) is 72.8 Å². The highest BCUT2D eigenvalue weighted by Crippen LogP contribution is 2.15. The molecule has 5 nitrogen and oxygen atoms in total. The first kappa shape index (κ1) is 12.7. The highest BCUT2D eigenvalue weighted by atomic mass is 32.2. The van der Waals surface area contributed by atoms with E-state index in [4.69, 9.17) is 0 Å².